The van der Waals surface area contributed by atoms with Gasteiger partial charge in [0.05, 0.1) is 17.4 Å². The molecule has 1 aliphatic rings. The van der Waals surface area contributed by atoms with Crippen LogP contribution in [0.25, 0.3) is 22.3 Å². The fourth-order valence-corrected chi connectivity index (χ4v) is 4.55. The average molecular weight is 510 g/mol. The minimum absolute atomic E-state index is 0.0114. The van der Waals surface area contributed by atoms with Crippen LogP contribution in [-0.4, -0.2) is 52.0 Å². The number of likely N-dealkylation sites (tertiary alicyclic amines) is 1. The van der Waals surface area contributed by atoms with Crippen molar-refractivity contribution in [3.63, 3.8) is 0 Å². The number of aromatic amines is 1. The van der Waals surface area contributed by atoms with Crippen molar-refractivity contribution in [1.29, 1.82) is 0 Å². The summed E-state index contributed by atoms with van der Waals surface area (Å²) in [5.41, 5.74) is 3.26. The van der Waals surface area contributed by atoms with Crippen LogP contribution in [0.15, 0.2) is 55.0 Å². The summed E-state index contributed by atoms with van der Waals surface area (Å²) in [6.45, 7) is 3.12. The molecule has 2 aromatic heterocycles. The van der Waals surface area contributed by atoms with Gasteiger partial charge in [-0.15, -0.1) is 0 Å². The number of anilines is 1. The predicted molar refractivity (Wildman–Crippen MR) is 135 cm³/mol. The number of fused-ring (bicyclic) bond motifs is 1. The summed E-state index contributed by atoms with van der Waals surface area (Å²) in [5.74, 6) is -0.466. The second kappa shape index (κ2) is 9.85. The summed E-state index contributed by atoms with van der Waals surface area (Å²) >= 11 is 0. The second-order valence-electron chi connectivity index (χ2n) is 9.31. The Labute approximate surface area is 211 Å². The summed E-state index contributed by atoms with van der Waals surface area (Å²) in [4.78, 5) is 26.7. The minimum Gasteiger partial charge on any atom is -0.492 e. The van der Waals surface area contributed by atoms with E-state index < -0.39 is 17.6 Å². The lowest BCUT2D eigenvalue weighted by molar-refractivity contribution is -0.137. The van der Waals surface area contributed by atoms with Gasteiger partial charge in [0.15, 0.2) is 5.65 Å². The number of halogens is 3. The van der Waals surface area contributed by atoms with Crippen molar-refractivity contribution >= 4 is 22.8 Å². The molecular formula is C27H26F3N5O2. The third-order valence-corrected chi connectivity index (χ3v) is 6.69. The van der Waals surface area contributed by atoms with Crippen LogP contribution in [0.1, 0.15) is 34.3 Å². The molecule has 0 spiro atoms. The van der Waals surface area contributed by atoms with Crippen molar-refractivity contribution in [3.8, 4) is 16.9 Å². The zero-order valence-electron chi connectivity index (χ0n) is 20.4. The number of hydrogen-bond acceptors (Lipinski definition) is 5. The molecular weight excluding hydrogens is 483 g/mol. The van der Waals surface area contributed by atoms with E-state index in [1.54, 1.807) is 30.7 Å². The molecule has 0 unspecified atom stereocenters. The van der Waals surface area contributed by atoms with E-state index in [4.69, 9.17) is 4.74 Å². The van der Waals surface area contributed by atoms with E-state index in [-0.39, 0.29) is 24.1 Å². The maximum Gasteiger partial charge on any atom is 0.416 e. The molecule has 2 N–H and O–H groups in total. The van der Waals surface area contributed by atoms with Gasteiger partial charge in [-0.2, -0.15) is 13.2 Å². The van der Waals surface area contributed by atoms with Gasteiger partial charge in [0, 0.05) is 35.1 Å². The highest BCUT2D eigenvalue weighted by atomic mass is 19.4. The number of amides is 1. The van der Waals surface area contributed by atoms with E-state index in [1.165, 1.54) is 6.07 Å². The number of benzene rings is 2. The third kappa shape index (κ3) is 5.43. The molecule has 0 bridgehead atoms. The lowest BCUT2D eigenvalue weighted by Crippen LogP contribution is -2.30. The first-order chi connectivity index (χ1) is 17.7. The molecule has 5 rings (SSSR count). The van der Waals surface area contributed by atoms with Crippen molar-refractivity contribution < 1.29 is 22.7 Å². The molecule has 1 amide bonds. The number of H-pyrrole nitrogens is 1. The maximum absolute atomic E-state index is 13.6. The number of nitrogens with one attached hydrogen (secondary N) is 2. The lowest BCUT2D eigenvalue weighted by atomic mass is 9.99. The number of imidazole rings is 1. The summed E-state index contributed by atoms with van der Waals surface area (Å²) in [6.07, 6.45) is 0.595. The fourth-order valence-electron chi connectivity index (χ4n) is 4.55. The number of pyridine rings is 1. The highest BCUT2D eigenvalue weighted by Gasteiger charge is 2.32. The van der Waals surface area contributed by atoms with Crippen LogP contribution in [0.2, 0.25) is 0 Å². The predicted octanol–water partition coefficient (Wildman–Crippen LogP) is 5.68. The van der Waals surface area contributed by atoms with E-state index in [2.05, 4.69) is 25.2 Å². The number of nitrogens with zero attached hydrogens (tertiary/aromatic N) is 3. The summed E-state index contributed by atoms with van der Waals surface area (Å²) in [5, 5.41) is 2.61. The number of likely N-dealkylation sites (N-methyl/N-ethyl adjacent to an activating group) is 1. The van der Waals surface area contributed by atoms with Gasteiger partial charge in [-0.05, 0) is 74.8 Å². The van der Waals surface area contributed by atoms with E-state index in [0.29, 0.717) is 11.2 Å². The summed E-state index contributed by atoms with van der Waals surface area (Å²) in [7, 11) is 1.97. The first-order valence-electron chi connectivity index (χ1n) is 11.9. The molecule has 192 valence electrons. The monoisotopic (exact) mass is 509 g/mol. The number of rotatable bonds is 6. The molecule has 37 heavy (non-hydrogen) atoms. The molecule has 2 aromatic carbocycles. The van der Waals surface area contributed by atoms with Gasteiger partial charge >= 0.3 is 6.18 Å². The Morgan fingerprint density at radius 1 is 1.19 bits per heavy atom. The van der Waals surface area contributed by atoms with Crippen LogP contribution < -0.4 is 10.1 Å². The minimum atomic E-state index is -4.58. The molecule has 10 heteroatoms. The summed E-state index contributed by atoms with van der Waals surface area (Å²) < 4.78 is 46.5. The Morgan fingerprint density at radius 3 is 2.78 bits per heavy atom. The number of ether oxygens (including phenoxy) is 1. The third-order valence-electron chi connectivity index (χ3n) is 6.69. The number of carbonyl (C=O) groups excluding carboxylic acids is 1. The Hall–Kier alpha value is -3.92. The van der Waals surface area contributed by atoms with Gasteiger partial charge in [0.1, 0.15) is 12.4 Å². The summed E-state index contributed by atoms with van der Waals surface area (Å²) in [6, 6.07) is 10.5. The number of aryl methyl sites for hydroxylation is 1. The number of carbonyl (C=O) groups is 1. The van der Waals surface area contributed by atoms with Crippen LogP contribution in [0.4, 0.5) is 18.9 Å². The van der Waals surface area contributed by atoms with Crippen molar-refractivity contribution in [2.24, 2.45) is 0 Å². The van der Waals surface area contributed by atoms with Crippen molar-refractivity contribution in [2.75, 3.05) is 25.5 Å². The Morgan fingerprint density at radius 2 is 2.03 bits per heavy atom. The first-order valence-corrected chi connectivity index (χ1v) is 11.9. The second-order valence-corrected chi connectivity index (χ2v) is 9.31. The highest BCUT2D eigenvalue weighted by Crippen LogP contribution is 2.35. The molecule has 1 fully saturated rings. The van der Waals surface area contributed by atoms with E-state index >= 15 is 0 Å². The molecule has 1 saturated heterocycles. The largest absolute Gasteiger partial charge is 0.492 e. The van der Waals surface area contributed by atoms with Crippen molar-refractivity contribution in [2.45, 2.75) is 32.0 Å². The van der Waals surface area contributed by atoms with Gasteiger partial charge in [-0.25, -0.2) is 9.97 Å². The lowest BCUT2D eigenvalue weighted by Gasteiger charge is -2.20. The molecule has 4 aromatic rings. The first kappa shape index (κ1) is 24.8. The topological polar surface area (TPSA) is 83.1 Å². The van der Waals surface area contributed by atoms with Crippen LogP contribution in [-0.2, 0) is 6.18 Å². The van der Waals surface area contributed by atoms with Gasteiger partial charge in [-0.1, -0.05) is 6.07 Å². The molecule has 7 nitrogen and oxygen atoms in total. The maximum atomic E-state index is 13.6. The number of alkyl halides is 3. The standard InChI is InChI=1S/C27H26F3N5O2/c1-16-5-6-17(8-23(16)18-9-24-25(31-13-18)33-15-32-24)26(36)34-20-10-19(27(28,29)30)11-22(12-20)37-14-21-4-3-7-35(21)2/h5-6,8-13,15,21H,3-4,7,14H2,1-2H3,(H,34,36)(H,31,32,33)/t21-/m0/s1. The van der Waals surface area contributed by atoms with Gasteiger partial charge < -0.3 is 19.9 Å². The number of aromatic nitrogens is 3. The molecule has 0 aliphatic carbocycles. The van der Waals surface area contributed by atoms with Crippen molar-refractivity contribution in [3.05, 3.63) is 71.7 Å². The SMILES string of the molecule is Cc1ccc(C(=O)Nc2cc(OC[C@@H]3CCCN3C)cc(C(F)(F)F)c2)cc1-c1cnc2nc[nH]c2c1. The van der Waals surface area contributed by atoms with Crippen LogP contribution in [0.5, 0.6) is 5.75 Å². The van der Waals surface area contributed by atoms with Gasteiger partial charge in [-0.3, -0.25) is 4.79 Å². The molecule has 0 radical (unpaired) electrons. The van der Waals surface area contributed by atoms with Crippen LogP contribution in [0.3, 0.4) is 0 Å². The Bertz CT molecular complexity index is 1450. The van der Waals surface area contributed by atoms with Gasteiger partial charge in [0.25, 0.3) is 5.91 Å². The highest BCUT2D eigenvalue weighted by molar-refractivity contribution is 6.05. The number of hydrogen-bond donors (Lipinski definition) is 2. The molecule has 3 heterocycles. The van der Waals surface area contributed by atoms with Crippen molar-refractivity contribution in [1.82, 2.24) is 19.9 Å². The zero-order valence-corrected chi connectivity index (χ0v) is 20.4. The molecule has 1 atom stereocenters. The van der Waals surface area contributed by atoms with Crippen LogP contribution >= 0.6 is 0 Å². The Balaban J connectivity index is 1.39. The van der Waals surface area contributed by atoms with Gasteiger partial charge in [0.2, 0.25) is 0 Å². The molecule has 1 aliphatic heterocycles. The van der Waals surface area contributed by atoms with E-state index in [0.717, 1.165) is 53.7 Å². The average Bonchev–Trinajstić information content (AvgIpc) is 3.50. The Kier molecular flexibility index (Phi) is 6.59. The van der Waals surface area contributed by atoms with Crippen LogP contribution in [0, 0.1) is 6.92 Å². The zero-order chi connectivity index (χ0) is 26.2. The van der Waals surface area contributed by atoms with E-state index in [1.807, 2.05) is 20.0 Å². The fraction of sp³-hybridized carbons (Fsp3) is 0.296. The van der Waals surface area contributed by atoms with E-state index in [9.17, 15) is 18.0 Å². The molecule has 0 saturated carbocycles. The quantitative estimate of drug-likeness (QED) is 0.350. The smallest absolute Gasteiger partial charge is 0.416 e. The normalized spacial score (nSPS) is 16.3.